The Hall–Kier alpha value is -2.22. The van der Waals surface area contributed by atoms with E-state index in [-0.39, 0.29) is 23.7 Å². The molecule has 1 N–H and O–H groups in total. The van der Waals surface area contributed by atoms with Crippen LogP contribution in [-0.4, -0.2) is 36.8 Å². The fraction of sp³-hybridized carbons (Fsp3) is 0.357. The van der Waals surface area contributed by atoms with E-state index in [0.717, 1.165) is 6.08 Å². The van der Waals surface area contributed by atoms with Gasteiger partial charge in [-0.2, -0.15) is 13.2 Å². The van der Waals surface area contributed by atoms with Crippen LogP contribution in [0.15, 0.2) is 23.8 Å². The molecule has 1 aromatic carbocycles. The zero-order chi connectivity index (χ0) is 16.5. The molecule has 0 saturated heterocycles. The van der Waals surface area contributed by atoms with Gasteiger partial charge in [-0.25, -0.2) is 4.79 Å². The Morgan fingerprint density at radius 3 is 2.64 bits per heavy atom. The summed E-state index contributed by atoms with van der Waals surface area (Å²) in [5.41, 5.74) is -0.876. The summed E-state index contributed by atoms with van der Waals surface area (Å²) in [6.07, 6.45) is -4.36. The van der Waals surface area contributed by atoms with Crippen LogP contribution in [0.1, 0.15) is 12.5 Å². The Balaban J connectivity index is 2.64. The third kappa shape index (κ3) is 2.50. The molecule has 0 amide bonds. The van der Waals surface area contributed by atoms with Crippen molar-refractivity contribution in [1.82, 2.24) is 0 Å². The first-order valence-electron chi connectivity index (χ1n) is 6.29. The molecule has 1 heterocycles. The molecular weight excluding hydrogens is 305 g/mol. The van der Waals surface area contributed by atoms with E-state index in [4.69, 9.17) is 9.47 Å². The molecule has 0 saturated carbocycles. The van der Waals surface area contributed by atoms with Crippen molar-refractivity contribution in [2.24, 2.45) is 0 Å². The zero-order valence-corrected chi connectivity index (χ0v) is 11.7. The van der Waals surface area contributed by atoms with E-state index < -0.39 is 23.5 Å². The average molecular weight is 318 g/mol. The topological polar surface area (TPSA) is 65.0 Å². The molecule has 1 aliphatic heterocycles. The maximum absolute atomic E-state index is 13.2. The van der Waals surface area contributed by atoms with Crippen molar-refractivity contribution in [3.8, 4) is 11.5 Å². The van der Waals surface area contributed by atoms with E-state index in [1.165, 1.54) is 32.2 Å². The number of carbonyl (C=O) groups is 1. The predicted molar refractivity (Wildman–Crippen MR) is 69.2 cm³/mol. The van der Waals surface area contributed by atoms with Crippen LogP contribution in [0.2, 0.25) is 0 Å². The molecule has 0 aliphatic carbocycles. The molecule has 1 atom stereocenters. The average Bonchev–Trinajstić information content (AvgIpc) is 2.45. The normalized spacial score (nSPS) is 20.5. The standard InChI is InChI=1S/C14H13F3O5/c1-3-21-12(18)9-7-8-5-4-6-10(20-2)11(8)22-13(9,19)14(15,16)17/h4-7,19H,3H2,1-2H3. The summed E-state index contributed by atoms with van der Waals surface area (Å²) in [5.74, 6) is -5.42. The summed E-state index contributed by atoms with van der Waals surface area (Å²) < 4.78 is 53.9. The van der Waals surface area contributed by atoms with Crippen LogP contribution in [0.25, 0.3) is 6.08 Å². The highest BCUT2D eigenvalue weighted by Gasteiger charge is 2.63. The molecule has 1 unspecified atom stereocenters. The van der Waals surface area contributed by atoms with Gasteiger partial charge in [0, 0.05) is 5.56 Å². The van der Waals surface area contributed by atoms with E-state index >= 15 is 0 Å². The molecule has 1 aliphatic rings. The number of carbonyl (C=O) groups excluding carboxylic acids is 1. The number of esters is 1. The van der Waals surface area contributed by atoms with Crippen LogP contribution >= 0.6 is 0 Å². The summed E-state index contributed by atoms with van der Waals surface area (Å²) in [7, 11) is 1.25. The van der Waals surface area contributed by atoms with Crippen LogP contribution in [0.4, 0.5) is 13.2 Å². The lowest BCUT2D eigenvalue weighted by molar-refractivity contribution is -0.316. The number of hydrogen-bond donors (Lipinski definition) is 1. The Bertz CT molecular complexity index is 623. The second-order valence-corrected chi connectivity index (χ2v) is 4.40. The number of aliphatic hydroxyl groups is 1. The number of hydrogen-bond acceptors (Lipinski definition) is 5. The van der Waals surface area contributed by atoms with E-state index in [1.807, 2.05) is 0 Å². The number of alkyl halides is 3. The smallest absolute Gasteiger partial charge is 0.460 e. The summed E-state index contributed by atoms with van der Waals surface area (Å²) in [5, 5.41) is 9.96. The lowest BCUT2D eigenvalue weighted by Gasteiger charge is -2.35. The monoisotopic (exact) mass is 318 g/mol. The van der Waals surface area contributed by atoms with Gasteiger partial charge < -0.3 is 19.3 Å². The highest BCUT2D eigenvalue weighted by molar-refractivity contribution is 5.97. The molecular formula is C14H13F3O5. The van der Waals surface area contributed by atoms with E-state index in [9.17, 15) is 23.1 Å². The molecule has 0 radical (unpaired) electrons. The number of para-hydroxylation sites is 1. The van der Waals surface area contributed by atoms with Gasteiger partial charge in [-0.15, -0.1) is 0 Å². The maximum Gasteiger partial charge on any atom is 0.460 e. The van der Waals surface area contributed by atoms with Gasteiger partial charge in [0.25, 0.3) is 0 Å². The third-order valence-corrected chi connectivity index (χ3v) is 3.02. The van der Waals surface area contributed by atoms with Crippen molar-refractivity contribution in [3.05, 3.63) is 29.3 Å². The zero-order valence-electron chi connectivity index (χ0n) is 11.7. The first kappa shape index (κ1) is 16.2. The van der Waals surface area contributed by atoms with Crippen LogP contribution in [-0.2, 0) is 9.53 Å². The minimum absolute atomic E-state index is 0.000617. The minimum atomic E-state index is -5.25. The Morgan fingerprint density at radius 1 is 1.41 bits per heavy atom. The molecule has 0 spiro atoms. The van der Waals surface area contributed by atoms with Crippen LogP contribution in [0, 0.1) is 0 Å². The molecule has 0 aromatic heterocycles. The van der Waals surface area contributed by atoms with Gasteiger partial charge in [-0.05, 0) is 19.1 Å². The van der Waals surface area contributed by atoms with Gasteiger partial charge in [0.15, 0.2) is 11.5 Å². The van der Waals surface area contributed by atoms with Crippen molar-refractivity contribution < 1.29 is 37.3 Å². The number of ether oxygens (including phenoxy) is 3. The molecule has 2 rings (SSSR count). The number of benzene rings is 1. The lowest BCUT2D eigenvalue weighted by atomic mass is 9.97. The van der Waals surface area contributed by atoms with Crippen LogP contribution in [0.5, 0.6) is 11.5 Å². The third-order valence-electron chi connectivity index (χ3n) is 3.02. The van der Waals surface area contributed by atoms with E-state index in [1.54, 1.807) is 0 Å². The lowest BCUT2D eigenvalue weighted by Crippen LogP contribution is -2.55. The SMILES string of the molecule is CCOC(=O)C1=Cc2cccc(OC)c2OC1(O)C(F)(F)F. The van der Waals surface area contributed by atoms with Crippen molar-refractivity contribution >= 4 is 12.0 Å². The van der Waals surface area contributed by atoms with Gasteiger partial charge in [-0.3, -0.25) is 0 Å². The van der Waals surface area contributed by atoms with Crippen LogP contribution < -0.4 is 9.47 Å². The summed E-state index contributed by atoms with van der Waals surface area (Å²) in [4.78, 5) is 11.8. The fourth-order valence-corrected chi connectivity index (χ4v) is 1.99. The molecule has 120 valence electrons. The Labute approximate surface area is 123 Å². The van der Waals surface area contributed by atoms with E-state index in [2.05, 4.69) is 4.74 Å². The molecule has 0 bridgehead atoms. The number of halogens is 3. The number of fused-ring (bicyclic) bond motifs is 1. The quantitative estimate of drug-likeness (QED) is 0.866. The first-order chi connectivity index (χ1) is 10.2. The molecule has 5 nitrogen and oxygen atoms in total. The predicted octanol–water partition coefficient (Wildman–Crippen LogP) is 2.29. The van der Waals surface area contributed by atoms with Crippen molar-refractivity contribution in [1.29, 1.82) is 0 Å². The van der Waals surface area contributed by atoms with Crippen molar-refractivity contribution in [3.63, 3.8) is 0 Å². The van der Waals surface area contributed by atoms with Gasteiger partial charge in [0.05, 0.1) is 13.7 Å². The first-order valence-corrected chi connectivity index (χ1v) is 6.29. The second-order valence-electron chi connectivity index (χ2n) is 4.40. The van der Waals surface area contributed by atoms with E-state index in [0.29, 0.717) is 0 Å². The number of rotatable bonds is 3. The Kier molecular flexibility index (Phi) is 4.06. The van der Waals surface area contributed by atoms with Crippen molar-refractivity contribution in [2.75, 3.05) is 13.7 Å². The fourth-order valence-electron chi connectivity index (χ4n) is 1.99. The molecule has 8 heteroatoms. The highest BCUT2D eigenvalue weighted by atomic mass is 19.4. The summed E-state index contributed by atoms with van der Waals surface area (Å²) >= 11 is 0. The second kappa shape index (κ2) is 5.53. The molecule has 1 aromatic rings. The van der Waals surface area contributed by atoms with Crippen LogP contribution in [0.3, 0.4) is 0 Å². The van der Waals surface area contributed by atoms with Gasteiger partial charge in [0.1, 0.15) is 5.57 Å². The Morgan fingerprint density at radius 2 is 2.09 bits per heavy atom. The van der Waals surface area contributed by atoms with Crippen molar-refractivity contribution in [2.45, 2.75) is 18.9 Å². The minimum Gasteiger partial charge on any atom is -0.493 e. The maximum atomic E-state index is 13.2. The van der Waals surface area contributed by atoms with Gasteiger partial charge in [-0.1, -0.05) is 12.1 Å². The highest BCUT2D eigenvalue weighted by Crippen LogP contribution is 2.47. The van der Waals surface area contributed by atoms with Gasteiger partial charge in [0.2, 0.25) is 0 Å². The summed E-state index contributed by atoms with van der Waals surface area (Å²) in [6.45, 7) is 1.29. The van der Waals surface area contributed by atoms with Gasteiger partial charge >= 0.3 is 17.9 Å². The molecule has 22 heavy (non-hydrogen) atoms. The molecule has 0 fully saturated rings. The number of methoxy groups -OCH3 is 1. The summed E-state index contributed by atoms with van der Waals surface area (Å²) in [6, 6.07) is 4.31. The largest absolute Gasteiger partial charge is 0.493 e.